The van der Waals surface area contributed by atoms with Crippen molar-refractivity contribution in [3.05, 3.63) is 65.7 Å². The number of allylic oxidation sites excluding steroid dienone is 2. The SMILES string of the molecule is COc1ccc(OC)c(/C=C/C(=O)CC(=O)/C=C/c2ccc(O)cc2)c1. The van der Waals surface area contributed by atoms with Crippen LogP contribution in [0.15, 0.2) is 54.6 Å². The zero-order valence-electron chi connectivity index (χ0n) is 14.6. The largest absolute Gasteiger partial charge is 0.508 e. The predicted octanol–water partition coefficient (Wildman–Crippen LogP) is 3.66. The third-order valence-electron chi connectivity index (χ3n) is 3.59. The van der Waals surface area contributed by atoms with Crippen LogP contribution in [0.25, 0.3) is 12.2 Å². The van der Waals surface area contributed by atoms with Gasteiger partial charge in [-0.1, -0.05) is 18.2 Å². The molecule has 2 aromatic rings. The molecule has 2 rings (SSSR count). The van der Waals surface area contributed by atoms with E-state index in [1.54, 1.807) is 56.7 Å². The molecule has 5 nitrogen and oxygen atoms in total. The van der Waals surface area contributed by atoms with E-state index in [0.717, 1.165) is 5.56 Å². The molecule has 0 amide bonds. The summed E-state index contributed by atoms with van der Waals surface area (Å²) in [4.78, 5) is 23.9. The van der Waals surface area contributed by atoms with Crippen molar-refractivity contribution in [2.75, 3.05) is 14.2 Å². The Morgan fingerprint density at radius 3 is 2.19 bits per heavy atom. The van der Waals surface area contributed by atoms with E-state index in [4.69, 9.17) is 9.47 Å². The number of phenols is 1. The summed E-state index contributed by atoms with van der Waals surface area (Å²) in [5.74, 6) is 0.793. The van der Waals surface area contributed by atoms with Crippen LogP contribution in [0.1, 0.15) is 17.5 Å². The molecule has 0 aliphatic carbocycles. The van der Waals surface area contributed by atoms with Gasteiger partial charge in [-0.2, -0.15) is 0 Å². The molecule has 0 aliphatic heterocycles. The van der Waals surface area contributed by atoms with Crippen molar-refractivity contribution in [2.45, 2.75) is 6.42 Å². The van der Waals surface area contributed by atoms with Gasteiger partial charge in [0.2, 0.25) is 0 Å². The van der Waals surface area contributed by atoms with Gasteiger partial charge in [-0.25, -0.2) is 0 Å². The first-order chi connectivity index (χ1) is 12.5. The number of aromatic hydroxyl groups is 1. The molecule has 0 saturated heterocycles. The topological polar surface area (TPSA) is 72.8 Å². The van der Waals surface area contributed by atoms with Gasteiger partial charge < -0.3 is 14.6 Å². The molecular weight excluding hydrogens is 332 g/mol. The highest BCUT2D eigenvalue weighted by Gasteiger charge is 2.06. The van der Waals surface area contributed by atoms with Crippen LogP contribution in [-0.2, 0) is 9.59 Å². The minimum Gasteiger partial charge on any atom is -0.508 e. The van der Waals surface area contributed by atoms with E-state index in [-0.39, 0.29) is 23.7 Å². The van der Waals surface area contributed by atoms with E-state index in [1.807, 2.05) is 0 Å². The third kappa shape index (κ3) is 5.63. The lowest BCUT2D eigenvalue weighted by atomic mass is 10.1. The Kier molecular flexibility index (Phi) is 6.74. The van der Waals surface area contributed by atoms with Gasteiger partial charge in [-0.15, -0.1) is 0 Å². The van der Waals surface area contributed by atoms with Crippen molar-refractivity contribution < 1.29 is 24.2 Å². The summed E-state index contributed by atoms with van der Waals surface area (Å²) in [5.41, 5.74) is 1.45. The minimum atomic E-state index is -0.310. The van der Waals surface area contributed by atoms with E-state index in [9.17, 15) is 14.7 Å². The molecule has 0 radical (unpaired) electrons. The summed E-state index contributed by atoms with van der Waals surface area (Å²) in [5, 5.41) is 9.22. The quantitative estimate of drug-likeness (QED) is 0.580. The summed E-state index contributed by atoms with van der Waals surface area (Å²) in [7, 11) is 3.10. The molecule has 0 aliphatic rings. The molecule has 2 aromatic carbocycles. The number of rotatable bonds is 8. The maximum atomic E-state index is 12.0. The summed E-state index contributed by atoms with van der Waals surface area (Å²) < 4.78 is 10.4. The molecule has 5 heteroatoms. The maximum absolute atomic E-state index is 12.0. The number of hydrogen-bond acceptors (Lipinski definition) is 5. The average molecular weight is 352 g/mol. The number of benzene rings is 2. The van der Waals surface area contributed by atoms with E-state index < -0.39 is 0 Å². The van der Waals surface area contributed by atoms with Crippen LogP contribution in [0, 0.1) is 0 Å². The zero-order chi connectivity index (χ0) is 18.9. The Morgan fingerprint density at radius 1 is 0.923 bits per heavy atom. The lowest BCUT2D eigenvalue weighted by Crippen LogP contribution is -2.02. The third-order valence-corrected chi connectivity index (χ3v) is 3.59. The first kappa shape index (κ1) is 19.0. The number of phenolic OH excluding ortho intramolecular Hbond substituents is 1. The Balaban J connectivity index is 1.98. The standard InChI is InChI=1S/C21H20O5/c1-25-20-11-12-21(26-2)16(13-20)6-10-19(24)14-18(23)9-5-15-3-7-17(22)8-4-15/h3-13,22H,14H2,1-2H3/b9-5+,10-6+. The van der Waals surface area contributed by atoms with Gasteiger partial charge >= 0.3 is 0 Å². The number of methoxy groups -OCH3 is 2. The first-order valence-corrected chi connectivity index (χ1v) is 7.94. The normalized spacial score (nSPS) is 11.0. The van der Waals surface area contributed by atoms with Gasteiger partial charge in [0.1, 0.15) is 17.2 Å². The molecule has 0 fully saturated rings. The summed E-state index contributed by atoms with van der Waals surface area (Å²) in [6.45, 7) is 0. The number of hydrogen-bond donors (Lipinski definition) is 1. The van der Waals surface area contributed by atoms with Gasteiger partial charge in [0.25, 0.3) is 0 Å². The Morgan fingerprint density at radius 2 is 1.58 bits per heavy atom. The summed E-state index contributed by atoms with van der Waals surface area (Å²) >= 11 is 0. The molecule has 0 heterocycles. The predicted molar refractivity (Wildman–Crippen MR) is 100 cm³/mol. The van der Waals surface area contributed by atoms with Crippen LogP contribution < -0.4 is 9.47 Å². The highest BCUT2D eigenvalue weighted by molar-refractivity contribution is 6.10. The fourth-order valence-electron chi connectivity index (χ4n) is 2.22. The number of carbonyl (C=O) groups excluding carboxylic acids is 2. The molecule has 0 bridgehead atoms. The molecule has 0 atom stereocenters. The first-order valence-electron chi connectivity index (χ1n) is 7.94. The second kappa shape index (κ2) is 9.22. The lowest BCUT2D eigenvalue weighted by Gasteiger charge is -2.06. The van der Waals surface area contributed by atoms with E-state index >= 15 is 0 Å². The van der Waals surface area contributed by atoms with Crippen molar-refractivity contribution in [3.63, 3.8) is 0 Å². The maximum Gasteiger partial charge on any atom is 0.163 e. The number of ketones is 2. The van der Waals surface area contributed by atoms with Gasteiger partial charge in [0.15, 0.2) is 11.6 Å². The molecule has 0 unspecified atom stereocenters. The second-order valence-corrected chi connectivity index (χ2v) is 5.48. The summed E-state index contributed by atoms with van der Waals surface area (Å²) in [6, 6.07) is 11.7. The molecule has 0 saturated carbocycles. The van der Waals surface area contributed by atoms with Crippen molar-refractivity contribution in [1.82, 2.24) is 0 Å². The van der Waals surface area contributed by atoms with Crippen molar-refractivity contribution >= 4 is 23.7 Å². The van der Waals surface area contributed by atoms with Crippen LogP contribution >= 0.6 is 0 Å². The Labute approximate surface area is 152 Å². The van der Waals surface area contributed by atoms with Crippen molar-refractivity contribution in [1.29, 1.82) is 0 Å². The van der Waals surface area contributed by atoms with E-state index in [2.05, 4.69) is 0 Å². The number of carbonyl (C=O) groups is 2. The minimum absolute atomic E-state index is 0.154. The van der Waals surface area contributed by atoms with Crippen LogP contribution in [0.5, 0.6) is 17.2 Å². The van der Waals surface area contributed by atoms with Crippen LogP contribution in [-0.4, -0.2) is 30.9 Å². The Hall–Kier alpha value is -3.34. The van der Waals surface area contributed by atoms with E-state index in [0.29, 0.717) is 17.1 Å². The van der Waals surface area contributed by atoms with Crippen LogP contribution in [0.2, 0.25) is 0 Å². The van der Waals surface area contributed by atoms with Gasteiger partial charge in [-0.05, 0) is 54.1 Å². The van der Waals surface area contributed by atoms with E-state index in [1.165, 1.54) is 24.3 Å². The van der Waals surface area contributed by atoms with Gasteiger partial charge in [-0.3, -0.25) is 9.59 Å². The smallest absolute Gasteiger partial charge is 0.163 e. The van der Waals surface area contributed by atoms with Gasteiger partial charge in [0.05, 0.1) is 20.6 Å². The molecule has 0 aromatic heterocycles. The molecule has 1 N–H and O–H groups in total. The van der Waals surface area contributed by atoms with Crippen molar-refractivity contribution in [2.24, 2.45) is 0 Å². The zero-order valence-corrected chi connectivity index (χ0v) is 14.6. The van der Waals surface area contributed by atoms with Gasteiger partial charge in [0, 0.05) is 5.56 Å². The fraction of sp³-hybridized carbons (Fsp3) is 0.143. The van der Waals surface area contributed by atoms with Crippen LogP contribution in [0.3, 0.4) is 0 Å². The van der Waals surface area contributed by atoms with Crippen molar-refractivity contribution in [3.8, 4) is 17.2 Å². The highest BCUT2D eigenvalue weighted by atomic mass is 16.5. The lowest BCUT2D eigenvalue weighted by molar-refractivity contribution is -0.121. The Bertz CT molecular complexity index is 832. The molecule has 134 valence electrons. The summed E-state index contributed by atoms with van der Waals surface area (Å²) in [6.07, 6.45) is 5.68. The monoisotopic (exact) mass is 352 g/mol. The molecule has 26 heavy (non-hydrogen) atoms. The molecular formula is C21H20O5. The second-order valence-electron chi connectivity index (χ2n) is 5.48. The fourth-order valence-corrected chi connectivity index (χ4v) is 2.22. The van der Waals surface area contributed by atoms with Crippen LogP contribution in [0.4, 0.5) is 0 Å². The number of ether oxygens (including phenoxy) is 2. The highest BCUT2D eigenvalue weighted by Crippen LogP contribution is 2.25. The molecule has 0 spiro atoms. The average Bonchev–Trinajstić information content (AvgIpc) is 2.65.